The average molecular weight is 302 g/mol. The lowest BCUT2D eigenvalue weighted by atomic mass is 10.1. The molecule has 0 aliphatic heterocycles. The Labute approximate surface area is 120 Å². The molecule has 1 fully saturated rings. The predicted molar refractivity (Wildman–Crippen MR) is 71.9 cm³/mol. The largest absolute Gasteiger partial charge is 0.484 e. The van der Waals surface area contributed by atoms with Gasteiger partial charge in [-0.15, -0.1) is 0 Å². The van der Waals surface area contributed by atoms with E-state index < -0.39 is 12.8 Å². The molecule has 2 unspecified atom stereocenters. The third-order valence-electron chi connectivity index (χ3n) is 3.37. The third kappa shape index (κ3) is 4.93. The number of amides is 1. The minimum absolute atomic E-state index is 0.0684. The number of hydrogen-bond acceptors (Lipinski definition) is 3. The molecular weight excluding hydrogens is 285 g/mol. The molecule has 0 heterocycles. The molecule has 0 spiro atoms. The number of ether oxygens (including phenoxy) is 1. The number of anilines is 1. The maximum Gasteiger partial charge on any atom is 0.422 e. The quantitative estimate of drug-likeness (QED) is 0.899. The lowest BCUT2D eigenvalue weighted by molar-refractivity contribution is -0.153. The van der Waals surface area contributed by atoms with E-state index in [1.807, 2.05) is 0 Å². The standard InChI is InChI=1S/C14H17F3N2O2/c15-14(16,17)8-21-12-5-3-11(4-6-12)19-13(20)9-1-2-10(18)7-9/h3-6,9-10H,1-2,7-8,18H2,(H,19,20). The molecule has 0 aromatic heterocycles. The second kappa shape index (κ2) is 6.34. The van der Waals surface area contributed by atoms with Crippen molar-refractivity contribution in [1.82, 2.24) is 0 Å². The SMILES string of the molecule is NC1CCC(C(=O)Nc2ccc(OCC(F)(F)F)cc2)C1. The molecule has 4 nitrogen and oxygen atoms in total. The van der Waals surface area contributed by atoms with Crippen molar-refractivity contribution in [1.29, 1.82) is 0 Å². The van der Waals surface area contributed by atoms with Crippen LogP contribution in [-0.2, 0) is 4.79 Å². The van der Waals surface area contributed by atoms with Crippen LogP contribution in [0.4, 0.5) is 18.9 Å². The van der Waals surface area contributed by atoms with E-state index in [-0.39, 0.29) is 23.6 Å². The van der Waals surface area contributed by atoms with E-state index in [9.17, 15) is 18.0 Å². The predicted octanol–water partition coefficient (Wildman–Crippen LogP) is 2.69. The Morgan fingerprint density at radius 2 is 1.95 bits per heavy atom. The molecule has 2 atom stereocenters. The number of carbonyl (C=O) groups is 1. The van der Waals surface area contributed by atoms with Gasteiger partial charge in [-0.1, -0.05) is 0 Å². The first-order valence-corrected chi connectivity index (χ1v) is 6.69. The maximum absolute atomic E-state index is 12.0. The summed E-state index contributed by atoms with van der Waals surface area (Å²) in [6.45, 7) is -1.33. The van der Waals surface area contributed by atoms with E-state index in [1.165, 1.54) is 24.3 Å². The molecule has 1 aromatic rings. The summed E-state index contributed by atoms with van der Waals surface area (Å²) in [6.07, 6.45) is -2.10. The van der Waals surface area contributed by atoms with E-state index >= 15 is 0 Å². The number of nitrogens with two attached hydrogens (primary N) is 1. The zero-order valence-electron chi connectivity index (χ0n) is 11.3. The first-order chi connectivity index (χ1) is 9.83. The molecule has 3 N–H and O–H groups in total. The summed E-state index contributed by atoms with van der Waals surface area (Å²) in [5.41, 5.74) is 6.28. The monoisotopic (exact) mass is 302 g/mol. The highest BCUT2D eigenvalue weighted by molar-refractivity contribution is 5.92. The number of alkyl halides is 3. The summed E-state index contributed by atoms with van der Waals surface area (Å²) in [5, 5.41) is 2.73. The van der Waals surface area contributed by atoms with E-state index in [4.69, 9.17) is 5.73 Å². The fraction of sp³-hybridized carbons (Fsp3) is 0.500. The van der Waals surface area contributed by atoms with Gasteiger partial charge in [0.15, 0.2) is 6.61 Å². The summed E-state index contributed by atoms with van der Waals surface area (Å²) in [4.78, 5) is 12.0. The van der Waals surface area contributed by atoms with Crippen LogP contribution in [0.2, 0.25) is 0 Å². The second-order valence-corrected chi connectivity index (χ2v) is 5.19. The highest BCUT2D eigenvalue weighted by Gasteiger charge is 2.29. The molecule has 116 valence electrons. The molecule has 21 heavy (non-hydrogen) atoms. The first-order valence-electron chi connectivity index (χ1n) is 6.69. The lowest BCUT2D eigenvalue weighted by Gasteiger charge is -2.12. The Bertz CT molecular complexity index is 488. The van der Waals surface area contributed by atoms with Gasteiger partial charge in [0, 0.05) is 17.6 Å². The van der Waals surface area contributed by atoms with Crippen molar-refractivity contribution in [2.24, 2.45) is 11.7 Å². The van der Waals surface area contributed by atoms with Crippen LogP contribution in [0.5, 0.6) is 5.75 Å². The zero-order chi connectivity index (χ0) is 15.5. The van der Waals surface area contributed by atoms with Crippen molar-refractivity contribution >= 4 is 11.6 Å². The number of nitrogens with one attached hydrogen (secondary N) is 1. The van der Waals surface area contributed by atoms with Crippen LogP contribution in [0, 0.1) is 5.92 Å². The molecule has 2 rings (SSSR count). The summed E-state index contributed by atoms with van der Waals surface area (Å²) in [6, 6.07) is 5.87. The Kier molecular flexibility index (Phi) is 4.72. The molecular formula is C14H17F3N2O2. The zero-order valence-corrected chi connectivity index (χ0v) is 11.3. The Morgan fingerprint density at radius 3 is 2.48 bits per heavy atom. The van der Waals surface area contributed by atoms with Gasteiger partial charge in [-0.2, -0.15) is 13.2 Å². The average Bonchev–Trinajstić information content (AvgIpc) is 2.84. The van der Waals surface area contributed by atoms with Crippen LogP contribution in [0.1, 0.15) is 19.3 Å². The molecule has 7 heteroatoms. The normalized spacial score (nSPS) is 22.1. The van der Waals surface area contributed by atoms with E-state index in [0.717, 1.165) is 12.8 Å². The number of rotatable bonds is 4. The first kappa shape index (κ1) is 15.6. The van der Waals surface area contributed by atoms with Gasteiger partial charge in [0.1, 0.15) is 5.75 Å². The van der Waals surface area contributed by atoms with Crippen LogP contribution < -0.4 is 15.8 Å². The van der Waals surface area contributed by atoms with Gasteiger partial charge >= 0.3 is 6.18 Å². The fourth-order valence-corrected chi connectivity index (χ4v) is 2.30. The van der Waals surface area contributed by atoms with Crippen molar-refractivity contribution < 1.29 is 22.7 Å². The van der Waals surface area contributed by atoms with Gasteiger partial charge in [0.2, 0.25) is 5.91 Å². The molecule has 1 aliphatic carbocycles. The number of hydrogen-bond donors (Lipinski definition) is 2. The lowest BCUT2D eigenvalue weighted by Crippen LogP contribution is -2.23. The number of benzene rings is 1. The van der Waals surface area contributed by atoms with Gasteiger partial charge in [-0.25, -0.2) is 0 Å². The minimum atomic E-state index is -4.37. The van der Waals surface area contributed by atoms with Crippen molar-refractivity contribution in [3.05, 3.63) is 24.3 Å². The van der Waals surface area contributed by atoms with Crippen molar-refractivity contribution in [3.63, 3.8) is 0 Å². The van der Waals surface area contributed by atoms with Crippen LogP contribution in [0.3, 0.4) is 0 Å². The summed E-state index contributed by atoms with van der Waals surface area (Å²) < 4.78 is 40.6. The second-order valence-electron chi connectivity index (χ2n) is 5.19. The molecule has 1 amide bonds. The highest BCUT2D eigenvalue weighted by Crippen LogP contribution is 2.26. The molecule has 0 saturated heterocycles. The van der Waals surface area contributed by atoms with E-state index in [1.54, 1.807) is 0 Å². The topological polar surface area (TPSA) is 64.4 Å². The van der Waals surface area contributed by atoms with E-state index in [2.05, 4.69) is 10.1 Å². The minimum Gasteiger partial charge on any atom is -0.484 e. The Hall–Kier alpha value is -1.76. The van der Waals surface area contributed by atoms with Gasteiger partial charge in [0.05, 0.1) is 0 Å². The Balaban J connectivity index is 1.86. The maximum atomic E-state index is 12.0. The number of carbonyl (C=O) groups excluding carboxylic acids is 1. The molecule has 0 radical (unpaired) electrons. The summed E-state index contributed by atoms with van der Waals surface area (Å²) >= 11 is 0. The highest BCUT2D eigenvalue weighted by atomic mass is 19.4. The van der Waals surface area contributed by atoms with Gasteiger partial charge in [0.25, 0.3) is 0 Å². The molecule has 1 aromatic carbocycles. The van der Waals surface area contributed by atoms with Gasteiger partial charge in [-0.05, 0) is 43.5 Å². The van der Waals surface area contributed by atoms with E-state index in [0.29, 0.717) is 12.1 Å². The van der Waals surface area contributed by atoms with Crippen LogP contribution in [0.25, 0.3) is 0 Å². The molecule has 1 saturated carbocycles. The summed E-state index contributed by atoms with van der Waals surface area (Å²) in [5.74, 6) is -0.0960. The van der Waals surface area contributed by atoms with Crippen molar-refractivity contribution in [3.8, 4) is 5.75 Å². The molecule has 1 aliphatic rings. The summed E-state index contributed by atoms with van der Waals surface area (Å²) in [7, 11) is 0. The van der Waals surface area contributed by atoms with Crippen LogP contribution >= 0.6 is 0 Å². The van der Waals surface area contributed by atoms with Gasteiger partial charge in [-0.3, -0.25) is 4.79 Å². The third-order valence-corrected chi connectivity index (χ3v) is 3.37. The fourth-order valence-electron chi connectivity index (χ4n) is 2.30. The van der Waals surface area contributed by atoms with Gasteiger partial charge < -0.3 is 15.8 Å². The van der Waals surface area contributed by atoms with Crippen LogP contribution in [-0.4, -0.2) is 24.7 Å². The van der Waals surface area contributed by atoms with Crippen molar-refractivity contribution in [2.45, 2.75) is 31.5 Å². The molecule has 0 bridgehead atoms. The number of halogens is 3. The smallest absolute Gasteiger partial charge is 0.422 e. The van der Waals surface area contributed by atoms with Crippen LogP contribution in [0.15, 0.2) is 24.3 Å². The van der Waals surface area contributed by atoms with Crippen molar-refractivity contribution in [2.75, 3.05) is 11.9 Å². The Morgan fingerprint density at radius 1 is 1.29 bits per heavy atom.